The fraction of sp³-hybridized carbons (Fsp3) is 0.0625. The van der Waals surface area contributed by atoms with Crippen LogP contribution in [0.2, 0.25) is 0 Å². The number of para-hydroxylation sites is 1. The Bertz CT molecular complexity index is 1210. The van der Waals surface area contributed by atoms with Crippen LogP contribution in [0.5, 0.6) is 0 Å². The van der Waals surface area contributed by atoms with Crippen molar-refractivity contribution in [3.63, 3.8) is 0 Å². The summed E-state index contributed by atoms with van der Waals surface area (Å²) in [6, 6.07) is 15.9. The summed E-state index contributed by atoms with van der Waals surface area (Å²) in [7, 11) is 0. The van der Waals surface area contributed by atoms with Gasteiger partial charge in [0.1, 0.15) is 17.1 Å². The highest BCUT2D eigenvalue weighted by Crippen LogP contribution is 2.27. The van der Waals surface area contributed by atoms with E-state index in [2.05, 4.69) is 41.5 Å². The SMILES string of the molecule is Brc1cccc(-c2nn3c(Cn4nnc5ccccc54)nnc3s2)c1. The number of hydrogen-bond acceptors (Lipinski definition) is 6. The maximum Gasteiger partial charge on any atom is 0.235 e. The van der Waals surface area contributed by atoms with E-state index in [-0.39, 0.29) is 0 Å². The van der Waals surface area contributed by atoms with Gasteiger partial charge in [0.15, 0.2) is 5.82 Å². The van der Waals surface area contributed by atoms with Crippen LogP contribution in [-0.2, 0) is 6.54 Å². The Labute approximate surface area is 154 Å². The molecule has 5 aromatic rings. The number of halogens is 1. The van der Waals surface area contributed by atoms with Crippen molar-refractivity contribution in [1.29, 1.82) is 0 Å². The molecule has 25 heavy (non-hydrogen) atoms. The number of fused-ring (bicyclic) bond motifs is 2. The highest BCUT2D eigenvalue weighted by atomic mass is 79.9. The third-order valence-corrected chi connectivity index (χ3v) is 5.28. The van der Waals surface area contributed by atoms with Gasteiger partial charge in [-0.3, -0.25) is 0 Å². The standard InChI is InChI=1S/C16H10BrN7S/c17-11-5-3-4-10(8-11)15-21-24-14(19-20-16(24)25-15)9-23-13-7-2-1-6-12(13)18-22-23/h1-8H,9H2. The van der Waals surface area contributed by atoms with Gasteiger partial charge in [0.2, 0.25) is 4.96 Å². The quantitative estimate of drug-likeness (QED) is 0.454. The molecule has 5 rings (SSSR count). The first kappa shape index (κ1) is 14.7. The number of nitrogens with zero attached hydrogens (tertiary/aromatic N) is 7. The van der Waals surface area contributed by atoms with Gasteiger partial charge in [-0.2, -0.15) is 9.61 Å². The van der Waals surface area contributed by atoms with Gasteiger partial charge in [0.05, 0.1) is 5.52 Å². The monoisotopic (exact) mass is 411 g/mol. The molecule has 122 valence electrons. The van der Waals surface area contributed by atoms with Crippen LogP contribution in [0.15, 0.2) is 53.0 Å². The normalized spacial score (nSPS) is 11.6. The smallest absolute Gasteiger partial charge is 0.235 e. The van der Waals surface area contributed by atoms with Crippen molar-refractivity contribution in [3.05, 3.63) is 58.8 Å². The molecule has 0 aliphatic heterocycles. The minimum absolute atomic E-state index is 0.462. The number of hydrogen-bond donors (Lipinski definition) is 0. The van der Waals surface area contributed by atoms with Crippen molar-refractivity contribution < 1.29 is 0 Å². The van der Waals surface area contributed by atoms with Crippen LogP contribution < -0.4 is 0 Å². The van der Waals surface area contributed by atoms with E-state index in [1.54, 1.807) is 4.52 Å². The van der Waals surface area contributed by atoms with Crippen molar-refractivity contribution in [3.8, 4) is 10.6 Å². The van der Waals surface area contributed by atoms with Crippen molar-refractivity contribution >= 4 is 43.3 Å². The summed E-state index contributed by atoms with van der Waals surface area (Å²) in [5.41, 5.74) is 2.86. The molecule has 0 amide bonds. The van der Waals surface area contributed by atoms with Gasteiger partial charge in [-0.05, 0) is 24.3 Å². The first-order valence-electron chi connectivity index (χ1n) is 7.53. The lowest BCUT2D eigenvalue weighted by Gasteiger charge is -1.99. The molecule has 3 heterocycles. The van der Waals surface area contributed by atoms with Gasteiger partial charge < -0.3 is 0 Å². The molecule has 0 saturated carbocycles. The van der Waals surface area contributed by atoms with Gasteiger partial charge >= 0.3 is 0 Å². The van der Waals surface area contributed by atoms with Crippen LogP contribution in [-0.4, -0.2) is 34.8 Å². The number of benzene rings is 2. The molecule has 0 unspecified atom stereocenters. The summed E-state index contributed by atoms with van der Waals surface area (Å²) < 4.78 is 4.60. The summed E-state index contributed by atoms with van der Waals surface area (Å²) in [5, 5.41) is 22.5. The lowest BCUT2D eigenvalue weighted by Crippen LogP contribution is -2.06. The summed E-state index contributed by atoms with van der Waals surface area (Å²) in [6.07, 6.45) is 0. The zero-order valence-corrected chi connectivity index (χ0v) is 15.1. The van der Waals surface area contributed by atoms with E-state index in [1.807, 2.05) is 53.2 Å². The van der Waals surface area contributed by atoms with Crippen molar-refractivity contribution in [2.75, 3.05) is 0 Å². The number of aromatic nitrogens is 7. The average molecular weight is 412 g/mol. The van der Waals surface area contributed by atoms with Crippen molar-refractivity contribution in [2.45, 2.75) is 6.54 Å². The van der Waals surface area contributed by atoms with E-state index in [9.17, 15) is 0 Å². The molecule has 9 heteroatoms. The van der Waals surface area contributed by atoms with E-state index in [0.29, 0.717) is 6.54 Å². The molecule has 0 bridgehead atoms. The van der Waals surface area contributed by atoms with Gasteiger partial charge in [0.25, 0.3) is 0 Å². The molecule has 3 aromatic heterocycles. The average Bonchev–Trinajstić information content (AvgIpc) is 3.31. The van der Waals surface area contributed by atoms with Crippen LogP contribution in [0.4, 0.5) is 0 Å². The molecule has 0 radical (unpaired) electrons. The first-order valence-corrected chi connectivity index (χ1v) is 9.14. The molecule has 0 saturated heterocycles. The predicted octanol–water partition coefficient (Wildman–Crippen LogP) is 3.41. The van der Waals surface area contributed by atoms with Crippen LogP contribution in [0.3, 0.4) is 0 Å². The molecule has 0 aliphatic carbocycles. The van der Waals surface area contributed by atoms with Gasteiger partial charge in [-0.15, -0.1) is 15.3 Å². The fourth-order valence-corrected chi connectivity index (χ4v) is 3.92. The summed E-state index contributed by atoms with van der Waals surface area (Å²) in [5.74, 6) is 0.725. The summed E-state index contributed by atoms with van der Waals surface area (Å²) in [6.45, 7) is 0.462. The second-order valence-corrected chi connectivity index (χ2v) is 7.34. The van der Waals surface area contributed by atoms with E-state index in [0.717, 1.165) is 36.9 Å². The van der Waals surface area contributed by atoms with Crippen LogP contribution in [0.25, 0.3) is 26.6 Å². The van der Waals surface area contributed by atoms with Gasteiger partial charge in [-0.1, -0.05) is 56.7 Å². The summed E-state index contributed by atoms with van der Waals surface area (Å²) >= 11 is 5.00. The van der Waals surface area contributed by atoms with Crippen molar-refractivity contribution in [2.24, 2.45) is 0 Å². The Kier molecular flexibility index (Phi) is 3.35. The topological polar surface area (TPSA) is 73.8 Å². The molecule has 7 nitrogen and oxygen atoms in total. The third-order valence-electron chi connectivity index (χ3n) is 3.84. The zero-order valence-electron chi connectivity index (χ0n) is 12.7. The van der Waals surface area contributed by atoms with E-state index in [4.69, 9.17) is 0 Å². The van der Waals surface area contributed by atoms with E-state index >= 15 is 0 Å². The Morgan fingerprint density at radius 1 is 1.00 bits per heavy atom. The third kappa shape index (κ3) is 2.52. The van der Waals surface area contributed by atoms with Gasteiger partial charge in [-0.25, -0.2) is 4.68 Å². The maximum atomic E-state index is 4.67. The first-order chi connectivity index (χ1) is 12.3. The lowest BCUT2D eigenvalue weighted by molar-refractivity contribution is 0.628. The molecule has 0 fully saturated rings. The van der Waals surface area contributed by atoms with E-state index < -0.39 is 0 Å². The van der Waals surface area contributed by atoms with E-state index in [1.165, 1.54) is 11.3 Å². The molecular formula is C16H10BrN7S. The van der Waals surface area contributed by atoms with Crippen molar-refractivity contribution in [1.82, 2.24) is 34.8 Å². The Morgan fingerprint density at radius 3 is 2.84 bits per heavy atom. The molecule has 0 spiro atoms. The Morgan fingerprint density at radius 2 is 1.92 bits per heavy atom. The fourth-order valence-electron chi connectivity index (χ4n) is 2.66. The lowest BCUT2D eigenvalue weighted by atomic mass is 10.2. The highest BCUT2D eigenvalue weighted by Gasteiger charge is 2.15. The molecule has 0 N–H and O–H groups in total. The Hall–Kier alpha value is -2.65. The van der Waals surface area contributed by atoms with Gasteiger partial charge in [0, 0.05) is 10.0 Å². The molecule has 0 atom stereocenters. The van der Waals surface area contributed by atoms with Crippen LogP contribution >= 0.6 is 27.3 Å². The minimum Gasteiger partial charge on any atom is -0.237 e. The van der Waals surface area contributed by atoms with Crippen LogP contribution in [0.1, 0.15) is 5.82 Å². The maximum absolute atomic E-state index is 4.67. The van der Waals surface area contributed by atoms with Crippen LogP contribution in [0, 0.1) is 0 Å². The number of rotatable bonds is 3. The predicted molar refractivity (Wildman–Crippen MR) is 98.4 cm³/mol. The highest BCUT2D eigenvalue weighted by molar-refractivity contribution is 9.10. The molecule has 2 aromatic carbocycles. The second-order valence-electron chi connectivity index (χ2n) is 5.46. The second kappa shape index (κ2) is 5.71. The minimum atomic E-state index is 0.462. The molecule has 0 aliphatic rings. The zero-order chi connectivity index (χ0) is 16.8. The largest absolute Gasteiger partial charge is 0.237 e. The summed E-state index contributed by atoms with van der Waals surface area (Å²) in [4.78, 5) is 0.759. The molecular weight excluding hydrogens is 402 g/mol. The Balaban J connectivity index is 1.56.